The smallest absolute Gasteiger partial charge is 0.245 e. The van der Waals surface area contributed by atoms with E-state index in [0.29, 0.717) is 21.3 Å². The summed E-state index contributed by atoms with van der Waals surface area (Å²) in [6.07, 6.45) is 0. The molecule has 1 aromatic heterocycles. The van der Waals surface area contributed by atoms with Gasteiger partial charge in [-0.15, -0.1) is 0 Å². The van der Waals surface area contributed by atoms with Crippen molar-refractivity contribution in [3.8, 4) is 11.3 Å². The number of hydrogen-bond acceptors (Lipinski definition) is 2. The van der Waals surface area contributed by atoms with Crippen LogP contribution in [-0.2, 0) is 0 Å². The van der Waals surface area contributed by atoms with Crippen LogP contribution in [0.25, 0.3) is 11.3 Å². The van der Waals surface area contributed by atoms with Crippen molar-refractivity contribution in [1.29, 1.82) is 0 Å². The van der Waals surface area contributed by atoms with Crippen LogP contribution in [0.1, 0.15) is 0 Å². The molecule has 0 N–H and O–H groups in total. The van der Waals surface area contributed by atoms with Gasteiger partial charge in [-0.05, 0) is 23.7 Å². The van der Waals surface area contributed by atoms with Crippen LogP contribution in [-0.4, -0.2) is 5.16 Å². The zero-order valence-electron chi connectivity index (χ0n) is 7.10. The van der Waals surface area contributed by atoms with Gasteiger partial charge in [0.05, 0.1) is 10.0 Å². The van der Waals surface area contributed by atoms with Gasteiger partial charge in [-0.25, -0.2) is 0 Å². The Morgan fingerprint density at radius 3 is 2.07 bits per heavy atom. The Morgan fingerprint density at radius 2 is 1.60 bits per heavy atom. The summed E-state index contributed by atoms with van der Waals surface area (Å²) in [6.45, 7) is 0. The van der Waals surface area contributed by atoms with Crippen molar-refractivity contribution < 1.29 is 4.52 Å². The van der Waals surface area contributed by atoms with E-state index in [-0.39, 0.29) is 10.2 Å². The average Bonchev–Trinajstić information content (AvgIpc) is 2.49. The molecule has 0 fully saturated rings. The minimum atomic E-state index is 0.0163. The SMILES string of the molecule is Clc1cccc(Cl)c1-c1noc(Cl)c1Cl. The maximum Gasteiger partial charge on any atom is 0.245 e. The number of rotatable bonds is 1. The molecule has 0 aliphatic heterocycles. The van der Waals surface area contributed by atoms with Crippen LogP contribution < -0.4 is 0 Å². The van der Waals surface area contributed by atoms with Crippen molar-refractivity contribution in [2.24, 2.45) is 0 Å². The molecule has 0 atom stereocenters. The Morgan fingerprint density at radius 1 is 1.00 bits per heavy atom. The van der Waals surface area contributed by atoms with E-state index in [4.69, 9.17) is 50.9 Å². The monoisotopic (exact) mass is 281 g/mol. The molecule has 0 spiro atoms. The molecule has 6 heteroatoms. The predicted octanol–water partition coefficient (Wildman–Crippen LogP) is 4.96. The molecule has 1 aromatic carbocycles. The predicted molar refractivity (Wildman–Crippen MR) is 62.0 cm³/mol. The largest absolute Gasteiger partial charge is 0.342 e. The molecule has 78 valence electrons. The summed E-state index contributed by atoms with van der Waals surface area (Å²) in [5.74, 6) is 0. The van der Waals surface area contributed by atoms with Crippen molar-refractivity contribution in [2.75, 3.05) is 0 Å². The van der Waals surface area contributed by atoms with E-state index in [2.05, 4.69) is 5.16 Å². The lowest BCUT2D eigenvalue weighted by molar-refractivity contribution is 0.424. The number of halogens is 4. The van der Waals surface area contributed by atoms with Crippen LogP contribution in [0.2, 0.25) is 20.3 Å². The lowest BCUT2D eigenvalue weighted by atomic mass is 10.1. The molecule has 0 radical (unpaired) electrons. The summed E-state index contributed by atoms with van der Waals surface area (Å²) in [7, 11) is 0. The molecule has 2 nitrogen and oxygen atoms in total. The second kappa shape index (κ2) is 4.22. The van der Waals surface area contributed by atoms with Gasteiger partial charge in [0.15, 0.2) is 0 Å². The molecule has 0 bridgehead atoms. The molecule has 0 unspecified atom stereocenters. The minimum absolute atomic E-state index is 0.0163. The van der Waals surface area contributed by atoms with Gasteiger partial charge in [0.2, 0.25) is 5.22 Å². The molecule has 2 aromatic rings. The highest BCUT2D eigenvalue weighted by atomic mass is 35.5. The van der Waals surface area contributed by atoms with Gasteiger partial charge >= 0.3 is 0 Å². The molecule has 0 saturated heterocycles. The second-order valence-corrected chi connectivity index (χ2v) is 4.25. The normalized spacial score (nSPS) is 10.7. The summed E-state index contributed by atoms with van der Waals surface area (Å²) in [5, 5.41) is 4.79. The van der Waals surface area contributed by atoms with E-state index in [1.807, 2.05) is 0 Å². The maximum atomic E-state index is 5.98. The summed E-state index contributed by atoms with van der Waals surface area (Å²) in [6, 6.07) is 5.09. The zero-order valence-corrected chi connectivity index (χ0v) is 10.1. The first-order chi connectivity index (χ1) is 7.11. The molecule has 0 saturated carbocycles. The van der Waals surface area contributed by atoms with Crippen molar-refractivity contribution in [3.63, 3.8) is 0 Å². The minimum Gasteiger partial charge on any atom is -0.342 e. The van der Waals surface area contributed by atoms with E-state index in [0.717, 1.165) is 0 Å². The Hall–Kier alpha value is -0.410. The van der Waals surface area contributed by atoms with Crippen LogP contribution in [0.4, 0.5) is 0 Å². The van der Waals surface area contributed by atoms with Crippen molar-refractivity contribution in [1.82, 2.24) is 5.16 Å². The van der Waals surface area contributed by atoms with Gasteiger partial charge in [-0.2, -0.15) is 0 Å². The third-order valence-corrected chi connectivity index (χ3v) is 3.13. The molecular formula is C9H3Cl4NO. The van der Waals surface area contributed by atoms with Gasteiger partial charge in [0.25, 0.3) is 0 Å². The Labute approximate surface area is 106 Å². The topological polar surface area (TPSA) is 26.0 Å². The highest BCUT2D eigenvalue weighted by molar-refractivity contribution is 6.44. The first-order valence-corrected chi connectivity index (χ1v) is 5.37. The zero-order chi connectivity index (χ0) is 11.0. The molecule has 0 amide bonds. The molecule has 0 aliphatic rings. The Bertz CT molecular complexity index is 489. The number of aromatic nitrogens is 1. The van der Waals surface area contributed by atoms with Crippen molar-refractivity contribution >= 4 is 46.4 Å². The fourth-order valence-electron chi connectivity index (χ4n) is 1.14. The van der Waals surface area contributed by atoms with E-state index in [1.54, 1.807) is 18.2 Å². The summed E-state index contributed by atoms with van der Waals surface area (Å²) in [5.41, 5.74) is 0.860. The van der Waals surface area contributed by atoms with Gasteiger partial charge in [0, 0.05) is 5.56 Å². The van der Waals surface area contributed by atoms with Gasteiger partial charge < -0.3 is 4.52 Å². The summed E-state index contributed by atoms with van der Waals surface area (Å²) >= 11 is 23.5. The van der Waals surface area contributed by atoms with E-state index >= 15 is 0 Å². The Balaban J connectivity index is 2.69. The molecule has 0 aliphatic carbocycles. The molecule has 1 heterocycles. The van der Waals surface area contributed by atoms with Gasteiger partial charge in [-0.3, -0.25) is 0 Å². The molecular weight excluding hydrogens is 280 g/mol. The van der Waals surface area contributed by atoms with Crippen molar-refractivity contribution in [3.05, 3.63) is 38.5 Å². The number of hydrogen-bond donors (Lipinski definition) is 0. The standard InChI is InChI=1S/C9H3Cl4NO/c10-4-2-1-3-5(11)6(4)8-7(12)9(13)15-14-8/h1-3H. The lowest BCUT2D eigenvalue weighted by Crippen LogP contribution is -1.82. The van der Waals surface area contributed by atoms with E-state index < -0.39 is 0 Å². The van der Waals surface area contributed by atoms with Crippen LogP contribution in [0, 0.1) is 0 Å². The highest BCUT2D eigenvalue weighted by Gasteiger charge is 2.18. The Kier molecular flexibility index (Phi) is 3.12. The van der Waals surface area contributed by atoms with Gasteiger partial charge in [-0.1, -0.05) is 46.0 Å². The maximum absolute atomic E-state index is 5.98. The fourth-order valence-corrected chi connectivity index (χ4v) is 2.00. The first kappa shape index (κ1) is 11.1. The number of nitrogens with zero attached hydrogens (tertiary/aromatic N) is 1. The summed E-state index contributed by atoms with van der Waals surface area (Å²) < 4.78 is 4.73. The summed E-state index contributed by atoms with van der Waals surface area (Å²) in [4.78, 5) is 0. The van der Waals surface area contributed by atoms with E-state index in [1.165, 1.54) is 0 Å². The third-order valence-electron chi connectivity index (χ3n) is 1.80. The van der Waals surface area contributed by atoms with Crippen LogP contribution in [0.5, 0.6) is 0 Å². The lowest BCUT2D eigenvalue weighted by Gasteiger charge is -2.02. The van der Waals surface area contributed by atoms with E-state index in [9.17, 15) is 0 Å². The van der Waals surface area contributed by atoms with Gasteiger partial charge in [0.1, 0.15) is 10.7 Å². The molecule has 15 heavy (non-hydrogen) atoms. The van der Waals surface area contributed by atoms with Crippen LogP contribution >= 0.6 is 46.4 Å². The fraction of sp³-hybridized carbons (Fsp3) is 0. The highest BCUT2D eigenvalue weighted by Crippen LogP contribution is 2.40. The average molecular weight is 283 g/mol. The second-order valence-electron chi connectivity index (χ2n) is 2.72. The number of benzene rings is 1. The van der Waals surface area contributed by atoms with Crippen LogP contribution in [0.15, 0.2) is 22.7 Å². The molecule has 2 rings (SSSR count). The first-order valence-electron chi connectivity index (χ1n) is 3.86. The third kappa shape index (κ3) is 1.95. The van der Waals surface area contributed by atoms with Crippen molar-refractivity contribution in [2.45, 2.75) is 0 Å². The van der Waals surface area contributed by atoms with Crippen LogP contribution in [0.3, 0.4) is 0 Å². The quantitative estimate of drug-likeness (QED) is 0.739.